The van der Waals surface area contributed by atoms with Crippen molar-refractivity contribution in [1.29, 1.82) is 0 Å². The summed E-state index contributed by atoms with van der Waals surface area (Å²) in [4.78, 5) is 29.8. The first-order valence-electron chi connectivity index (χ1n) is 18.5. The smallest absolute Gasteiger partial charge is 0.311 e. The molecule has 3 fully saturated rings. The van der Waals surface area contributed by atoms with Gasteiger partial charge in [-0.2, -0.15) is 0 Å². The maximum atomic E-state index is 14.1. The van der Waals surface area contributed by atoms with Gasteiger partial charge in [-0.3, -0.25) is 9.59 Å². The van der Waals surface area contributed by atoms with Gasteiger partial charge in [-0.15, -0.1) is 0 Å². The minimum Gasteiger partial charge on any atom is -0.459 e. The van der Waals surface area contributed by atoms with Gasteiger partial charge in [0.1, 0.15) is 29.7 Å². The van der Waals surface area contributed by atoms with E-state index >= 15 is 0 Å². The first kappa shape index (κ1) is 44.1. The number of esters is 1. The zero-order chi connectivity index (χ0) is 39.0. The van der Waals surface area contributed by atoms with Gasteiger partial charge in [-0.1, -0.05) is 27.7 Å². The summed E-state index contributed by atoms with van der Waals surface area (Å²) in [5, 5.41) is 57.6. The van der Waals surface area contributed by atoms with Crippen molar-refractivity contribution in [2.75, 3.05) is 21.2 Å². The molecule has 0 spiro atoms. The average molecular weight is 734 g/mol. The topological polar surface area (TPSA) is 194 Å². The number of Topliss-reactive ketones (excluding diaryl/α,β-unsaturated/α-hetero) is 1. The highest BCUT2D eigenvalue weighted by Gasteiger charge is 2.53. The monoisotopic (exact) mass is 733 g/mol. The number of rotatable bonds is 7. The molecular weight excluding hydrogens is 666 g/mol. The number of nitrogens with zero attached hydrogens (tertiary/aromatic N) is 1. The van der Waals surface area contributed by atoms with Crippen LogP contribution in [0.25, 0.3) is 0 Å². The second-order valence-electron chi connectivity index (χ2n) is 16.5. The number of carbonyl (C=O) groups excluding carboxylic acids is 2. The van der Waals surface area contributed by atoms with Crippen LogP contribution in [0.2, 0.25) is 0 Å². The summed E-state index contributed by atoms with van der Waals surface area (Å²) >= 11 is 0. The lowest BCUT2D eigenvalue weighted by molar-refractivity contribution is -0.318. The molecule has 3 aliphatic rings. The number of cyclic esters (lactones) is 1. The van der Waals surface area contributed by atoms with Crippen molar-refractivity contribution in [3.63, 3.8) is 0 Å². The summed E-state index contributed by atoms with van der Waals surface area (Å²) in [5.74, 6) is -4.98. The molecule has 0 amide bonds. The van der Waals surface area contributed by atoms with Crippen molar-refractivity contribution in [1.82, 2.24) is 4.90 Å². The van der Waals surface area contributed by atoms with Crippen molar-refractivity contribution in [3.8, 4) is 0 Å². The number of hydrogen-bond acceptors (Lipinski definition) is 14. The van der Waals surface area contributed by atoms with Gasteiger partial charge in [0, 0.05) is 37.3 Å². The summed E-state index contributed by atoms with van der Waals surface area (Å²) < 4.78 is 37.1. The van der Waals surface area contributed by atoms with Crippen molar-refractivity contribution in [2.45, 2.75) is 179 Å². The predicted molar refractivity (Wildman–Crippen MR) is 186 cm³/mol. The van der Waals surface area contributed by atoms with Gasteiger partial charge in [0.05, 0.1) is 47.6 Å². The Bertz CT molecular complexity index is 1170. The van der Waals surface area contributed by atoms with E-state index in [0.29, 0.717) is 6.42 Å². The molecule has 0 aromatic carbocycles. The number of aliphatic hydroxyl groups excluding tert-OH is 3. The Hall–Kier alpha value is -1.30. The summed E-state index contributed by atoms with van der Waals surface area (Å²) in [6.45, 7) is 16.3. The molecule has 18 atom stereocenters. The zero-order valence-electron chi connectivity index (χ0n) is 32.9. The van der Waals surface area contributed by atoms with Gasteiger partial charge in [0.2, 0.25) is 0 Å². The molecule has 3 unspecified atom stereocenters. The standard InChI is InChI=1S/C37H67NO13/c1-14-25-37(10,45)30(41)20(4)27(39)18(2)16-35(8,44)32(51-34-28(40)24(38(11)12)15-19(3)47-34)21(5)29(22(6)33(43)49-25)50-26-17-36(9,46-13)31(42)23(7)48-26/h18-26,28-32,34,40-42,44-45H,14-17H2,1-13H3/t18-,19+,20?,21+,22-,23-,24-,25?,26-,28+,29+,30+,31-,32-,34-,35-,36+,37?/m0/s1. The minimum atomic E-state index is -1.99. The van der Waals surface area contributed by atoms with Crippen molar-refractivity contribution >= 4 is 11.8 Å². The maximum absolute atomic E-state index is 14.1. The lowest BCUT2D eigenvalue weighted by Gasteiger charge is -2.49. The fourth-order valence-electron chi connectivity index (χ4n) is 8.41. The molecule has 14 nitrogen and oxygen atoms in total. The average Bonchev–Trinajstić information content (AvgIpc) is 3.05. The summed E-state index contributed by atoms with van der Waals surface area (Å²) in [6.07, 6.45) is -9.71. The van der Waals surface area contributed by atoms with E-state index in [1.54, 1.807) is 41.5 Å². The summed E-state index contributed by atoms with van der Waals surface area (Å²) in [5.41, 5.74) is -4.84. The molecular formula is C37H67NO13. The molecule has 3 aliphatic heterocycles. The van der Waals surface area contributed by atoms with Crippen molar-refractivity contribution < 1.29 is 63.5 Å². The lowest BCUT2D eigenvalue weighted by atomic mass is 9.74. The number of likely N-dealkylation sites (N-methyl/N-ethyl adjacent to an activating group) is 1. The van der Waals surface area contributed by atoms with Crippen LogP contribution in [-0.2, 0) is 38.0 Å². The van der Waals surface area contributed by atoms with Crippen LogP contribution in [0.3, 0.4) is 0 Å². The SMILES string of the molecule is CCC1OC(=O)[C@@H](C)[C@H](O[C@H]2C[C@@](C)(OC)[C@@H](O)[C@H](C)O2)[C@@H](C)[C@H](O[C@@H]2O[C@H](C)C[C@H](N(C)C)[C@H]2O)[C@@](C)(O)C[C@H](C)C(=O)C(C)[C@@H](O)C1(C)O. The fraction of sp³-hybridized carbons (Fsp3) is 0.946. The van der Waals surface area contributed by atoms with E-state index in [1.807, 2.05) is 25.9 Å². The van der Waals surface area contributed by atoms with Gasteiger partial charge in [-0.25, -0.2) is 0 Å². The summed E-state index contributed by atoms with van der Waals surface area (Å²) in [6, 6.07) is -0.324. The molecule has 298 valence electrons. The van der Waals surface area contributed by atoms with E-state index in [9.17, 15) is 35.1 Å². The Morgan fingerprint density at radius 3 is 2.04 bits per heavy atom. The number of aliphatic hydroxyl groups is 5. The molecule has 0 bridgehead atoms. The molecule has 5 N–H and O–H groups in total. The molecule has 51 heavy (non-hydrogen) atoms. The largest absolute Gasteiger partial charge is 0.459 e. The van der Waals surface area contributed by atoms with Crippen LogP contribution >= 0.6 is 0 Å². The third-order valence-corrected chi connectivity index (χ3v) is 11.8. The Morgan fingerprint density at radius 2 is 1.49 bits per heavy atom. The number of methoxy groups -OCH3 is 1. The molecule has 0 aliphatic carbocycles. The Morgan fingerprint density at radius 1 is 0.882 bits per heavy atom. The highest BCUT2D eigenvalue weighted by Crippen LogP contribution is 2.40. The first-order chi connectivity index (χ1) is 23.4. The second kappa shape index (κ2) is 17.0. The highest BCUT2D eigenvalue weighted by molar-refractivity contribution is 5.83. The van der Waals surface area contributed by atoms with Gasteiger partial charge >= 0.3 is 5.97 Å². The van der Waals surface area contributed by atoms with E-state index in [2.05, 4.69) is 0 Å². The van der Waals surface area contributed by atoms with Crippen LogP contribution in [-0.4, -0.2) is 148 Å². The molecule has 0 radical (unpaired) electrons. The van der Waals surface area contributed by atoms with Crippen LogP contribution in [0.15, 0.2) is 0 Å². The molecule has 14 heteroatoms. The molecule has 0 aromatic rings. The Kier molecular flexibility index (Phi) is 14.7. The fourth-order valence-corrected chi connectivity index (χ4v) is 8.41. The first-order valence-corrected chi connectivity index (χ1v) is 18.5. The van der Waals surface area contributed by atoms with Gasteiger partial charge in [0.25, 0.3) is 0 Å². The predicted octanol–water partition coefficient (Wildman–Crippen LogP) is 1.79. The van der Waals surface area contributed by atoms with Crippen LogP contribution in [0.5, 0.6) is 0 Å². The van der Waals surface area contributed by atoms with E-state index in [1.165, 1.54) is 27.9 Å². The van der Waals surface area contributed by atoms with E-state index in [-0.39, 0.29) is 31.4 Å². The zero-order valence-corrected chi connectivity index (χ0v) is 32.9. The van der Waals surface area contributed by atoms with Crippen LogP contribution in [0.1, 0.15) is 94.9 Å². The van der Waals surface area contributed by atoms with Crippen molar-refractivity contribution in [2.24, 2.45) is 23.7 Å². The van der Waals surface area contributed by atoms with Crippen molar-refractivity contribution in [3.05, 3.63) is 0 Å². The minimum absolute atomic E-state index is 0.0936. The lowest BCUT2D eigenvalue weighted by Crippen LogP contribution is -2.61. The van der Waals surface area contributed by atoms with Gasteiger partial charge < -0.3 is 58.9 Å². The molecule has 0 saturated carbocycles. The normalized spacial score (nSPS) is 49.7. The van der Waals surface area contributed by atoms with E-state index in [0.717, 1.165) is 0 Å². The van der Waals surface area contributed by atoms with E-state index < -0.39 is 108 Å². The highest BCUT2D eigenvalue weighted by atomic mass is 16.7. The molecule has 3 saturated heterocycles. The van der Waals surface area contributed by atoms with Crippen LogP contribution < -0.4 is 0 Å². The quantitative estimate of drug-likeness (QED) is 0.238. The second-order valence-corrected chi connectivity index (χ2v) is 16.5. The molecule has 3 rings (SSSR count). The number of ketones is 1. The Balaban J connectivity index is 2.18. The number of carbonyl (C=O) groups is 2. The third-order valence-electron chi connectivity index (χ3n) is 11.8. The summed E-state index contributed by atoms with van der Waals surface area (Å²) in [7, 11) is 5.18. The maximum Gasteiger partial charge on any atom is 0.311 e. The van der Waals surface area contributed by atoms with Crippen LogP contribution in [0, 0.1) is 23.7 Å². The molecule has 3 heterocycles. The third kappa shape index (κ3) is 9.51. The Labute approximate surface area is 304 Å². The molecule has 0 aromatic heterocycles. The number of ether oxygens (including phenoxy) is 6. The van der Waals surface area contributed by atoms with Crippen LogP contribution in [0.4, 0.5) is 0 Å². The van der Waals surface area contributed by atoms with Gasteiger partial charge in [-0.05, 0) is 74.9 Å². The number of hydrogen-bond donors (Lipinski definition) is 5. The van der Waals surface area contributed by atoms with Gasteiger partial charge in [0.15, 0.2) is 12.6 Å². The van der Waals surface area contributed by atoms with E-state index in [4.69, 9.17) is 28.4 Å².